The monoisotopic (exact) mass is 239 g/mol. The van der Waals surface area contributed by atoms with Gasteiger partial charge in [-0.05, 0) is 36.4 Å². The van der Waals surface area contributed by atoms with Crippen molar-refractivity contribution in [2.24, 2.45) is 5.92 Å². The van der Waals surface area contributed by atoms with E-state index >= 15 is 0 Å². The molecule has 1 N–H and O–H groups in total. The van der Waals surface area contributed by atoms with Gasteiger partial charge in [0.05, 0.1) is 0 Å². The molecule has 1 aliphatic rings. The summed E-state index contributed by atoms with van der Waals surface area (Å²) < 4.78 is 0. The van der Waals surface area contributed by atoms with Gasteiger partial charge in [-0.3, -0.25) is 0 Å². The molecule has 1 aromatic heterocycles. The Morgan fingerprint density at radius 3 is 2.94 bits per heavy atom. The van der Waals surface area contributed by atoms with Gasteiger partial charge >= 0.3 is 0 Å². The first kappa shape index (κ1) is 11.6. The molecule has 0 aliphatic heterocycles. The van der Waals surface area contributed by atoms with Crippen molar-refractivity contribution in [3.8, 4) is 0 Å². The molecule has 88 valence electrons. The molecule has 0 atom stereocenters. The average Bonchev–Trinajstić information content (AvgIpc) is 2.77. The van der Waals surface area contributed by atoms with E-state index in [1.165, 1.54) is 38.5 Å². The van der Waals surface area contributed by atoms with Crippen LogP contribution in [0.15, 0.2) is 12.3 Å². The van der Waals surface area contributed by atoms with Crippen LogP contribution < -0.4 is 5.32 Å². The van der Waals surface area contributed by atoms with Crippen molar-refractivity contribution in [3.63, 3.8) is 0 Å². The average molecular weight is 240 g/mol. The van der Waals surface area contributed by atoms with Gasteiger partial charge in [0.25, 0.3) is 0 Å². The maximum Gasteiger partial charge on any atom is 0.224 e. The minimum absolute atomic E-state index is 0.306. The molecule has 4 heteroatoms. The Kier molecular flexibility index (Phi) is 4.40. The number of halogens is 1. The first-order valence-electron chi connectivity index (χ1n) is 6.07. The summed E-state index contributed by atoms with van der Waals surface area (Å²) in [6.07, 6.45) is 9.95. The molecule has 0 unspecified atom stereocenters. The molecule has 0 radical (unpaired) electrons. The maximum absolute atomic E-state index is 5.70. The summed E-state index contributed by atoms with van der Waals surface area (Å²) in [6, 6.07) is 1.85. The Bertz CT molecular complexity index is 324. The van der Waals surface area contributed by atoms with Gasteiger partial charge in [-0.1, -0.05) is 25.7 Å². The van der Waals surface area contributed by atoms with Crippen LogP contribution in [0.25, 0.3) is 0 Å². The summed E-state index contributed by atoms with van der Waals surface area (Å²) in [5, 5.41) is 3.58. The van der Waals surface area contributed by atoms with E-state index in [1.807, 2.05) is 6.07 Å². The topological polar surface area (TPSA) is 37.8 Å². The zero-order chi connectivity index (χ0) is 11.2. The van der Waals surface area contributed by atoms with Crippen molar-refractivity contribution in [1.29, 1.82) is 0 Å². The fraction of sp³-hybridized carbons (Fsp3) is 0.667. The Labute approximate surface area is 102 Å². The highest BCUT2D eigenvalue weighted by Gasteiger charge is 2.13. The molecular formula is C12H18ClN3. The minimum Gasteiger partial charge on any atom is -0.370 e. The van der Waals surface area contributed by atoms with Crippen molar-refractivity contribution in [1.82, 2.24) is 9.97 Å². The Hall–Kier alpha value is -0.830. The molecule has 0 spiro atoms. The molecule has 1 aliphatic carbocycles. The Morgan fingerprint density at radius 1 is 1.38 bits per heavy atom. The molecule has 2 rings (SSSR count). The fourth-order valence-electron chi connectivity index (χ4n) is 2.34. The van der Waals surface area contributed by atoms with E-state index in [9.17, 15) is 0 Å². The van der Waals surface area contributed by atoms with Crippen molar-refractivity contribution in [2.75, 3.05) is 11.9 Å². The predicted octanol–water partition coefficient (Wildman–Crippen LogP) is 3.51. The SMILES string of the molecule is Clc1nccc(NCCCC2CCCC2)n1. The van der Waals surface area contributed by atoms with Crippen molar-refractivity contribution >= 4 is 17.4 Å². The van der Waals surface area contributed by atoms with Gasteiger partial charge in [-0.25, -0.2) is 9.97 Å². The van der Waals surface area contributed by atoms with Crippen LogP contribution in [-0.2, 0) is 0 Å². The molecule has 1 heterocycles. The molecule has 1 fully saturated rings. The summed E-state index contributed by atoms with van der Waals surface area (Å²) in [5.74, 6) is 1.79. The predicted molar refractivity (Wildman–Crippen MR) is 66.7 cm³/mol. The summed E-state index contributed by atoms with van der Waals surface area (Å²) >= 11 is 5.70. The zero-order valence-corrected chi connectivity index (χ0v) is 10.2. The number of hydrogen-bond donors (Lipinski definition) is 1. The van der Waals surface area contributed by atoms with Gasteiger partial charge in [-0.2, -0.15) is 0 Å². The van der Waals surface area contributed by atoms with E-state index in [2.05, 4.69) is 15.3 Å². The number of nitrogens with zero attached hydrogens (tertiary/aromatic N) is 2. The summed E-state index contributed by atoms with van der Waals surface area (Å²) in [7, 11) is 0. The molecule has 0 bridgehead atoms. The maximum atomic E-state index is 5.70. The fourth-order valence-corrected chi connectivity index (χ4v) is 2.49. The summed E-state index contributed by atoms with van der Waals surface area (Å²) in [4.78, 5) is 7.93. The second-order valence-electron chi connectivity index (χ2n) is 4.43. The molecular weight excluding hydrogens is 222 g/mol. The van der Waals surface area contributed by atoms with E-state index in [4.69, 9.17) is 11.6 Å². The molecule has 16 heavy (non-hydrogen) atoms. The van der Waals surface area contributed by atoms with Crippen LogP contribution in [-0.4, -0.2) is 16.5 Å². The highest BCUT2D eigenvalue weighted by atomic mass is 35.5. The lowest BCUT2D eigenvalue weighted by Gasteiger charge is -2.09. The van der Waals surface area contributed by atoms with Crippen LogP contribution in [0.1, 0.15) is 38.5 Å². The third kappa shape index (κ3) is 3.63. The zero-order valence-electron chi connectivity index (χ0n) is 9.45. The van der Waals surface area contributed by atoms with Gasteiger partial charge in [0.15, 0.2) is 0 Å². The second-order valence-corrected chi connectivity index (χ2v) is 4.77. The van der Waals surface area contributed by atoms with Crippen LogP contribution >= 0.6 is 11.6 Å². The van der Waals surface area contributed by atoms with E-state index in [-0.39, 0.29) is 0 Å². The number of rotatable bonds is 5. The van der Waals surface area contributed by atoms with E-state index in [1.54, 1.807) is 6.20 Å². The quantitative estimate of drug-likeness (QED) is 0.631. The molecule has 0 aromatic carbocycles. The number of hydrogen-bond acceptors (Lipinski definition) is 3. The van der Waals surface area contributed by atoms with Crippen LogP contribution in [0.5, 0.6) is 0 Å². The van der Waals surface area contributed by atoms with Gasteiger partial charge in [-0.15, -0.1) is 0 Å². The van der Waals surface area contributed by atoms with Crippen molar-refractivity contribution in [2.45, 2.75) is 38.5 Å². The Balaban J connectivity index is 1.64. The lowest BCUT2D eigenvalue weighted by atomic mass is 10.0. The normalized spacial score (nSPS) is 16.6. The molecule has 0 saturated heterocycles. The Morgan fingerprint density at radius 2 is 2.19 bits per heavy atom. The van der Waals surface area contributed by atoms with Gasteiger partial charge in [0.1, 0.15) is 5.82 Å². The van der Waals surface area contributed by atoms with E-state index in [0.29, 0.717) is 5.28 Å². The van der Waals surface area contributed by atoms with Gasteiger partial charge in [0, 0.05) is 12.7 Å². The smallest absolute Gasteiger partial charge is 0.224 e. The minimum atomic E-state index is 0.306. The number of anilines is 1. The lowest BCUT2D eigenvalue weighted by molar-refractivity contribution is 0.491. The molecule has 0 amide bonds. The summed E-state index contributed by atoms with van der Waals surface area (Å²) in [6.45, 7) is 0.976. The van der Waals surface area contributed by atoms with Gasteiger partial charge < -0.3 is 5.32 Å². The summed E-state index contributed by atoms with van der Waals surface area (Å²) in [5.41, 5.74) is 0. The van der Waals surface area contributed by atoms with Crippen molar-refractivity contribution < 1.29 is 0 Å². The first-order chi connectivity index (χ1) is 7.84. The largest absolute Gasteiger partial charge is 0.370 e. The van der Waals surface area contributed by atoms with Gasteiger partial charge in [0.2, 0.25) is 5.28 Å². The van der Waals surface area contributed by atoms with E-state index in [0.717, 1.165) is 18.3 Å². The van der Waals surface area contributed by atoms with E-state index < -0.39 is 0 Å². The molecule has 1 aromatic rings. The number of aromatic nitrogens is 2. The highest BCUT2D eigenvalue weighted by molar-refractivity contribution is 6.28. The number of nitrogens with one attached hydrogen (secondary N) is 1. The van der Waals surface area contributed by atoms with Crippen LogP contribution in [0, 0.1) is 5.92 Å². The van der Waals surface area contributed by atoms with Crippen molar-refractivity contribution in [3.05, 3.63) is 17.5 Å². The van der Waals surface area contributed by atoms with Crippen LogP contribution in [0.3, 0.4) is 0 Å². The molecule has 1 saturated carbocycles. The highest BCUT2D eigenvalue weighted by Crippen LogP contribution is 2.28. The second kappa shape index (κ2) is 6.04. The lowest BCUT2D eigenvalue weighted by Crippen LogP contribution is -2.05. The standard InChI is InChI=1S/C12H18ClN3/c13-12-15-9-7-11(16-12)14-8-3-6-10-4-1-2-5-10/h7,9-10H,1-6,8H2,(H,14,15,16). The first-order valence-corrected chi connectivity index (χ1v) is 6.45. The third-order valence-corrected chi connectivity index (χ3v) is 3.38. The van der Waals surface area contributed by atoms with Crippen LogP contribution in [0.4, 0.5) is 5.82 Å². The molecule has 3 nitrogen and oxygen atoms in total. The third-order valence-electron chi connectivity index (χ3n) is 3.20. The van der Waals surface area contributed by atoms with Crippen LogP contribution in [0.2, 0.25) is 5.28 Å².